The van der Waals surface area contributed by atoms with Crippen LogP contribution in [0.1, 0.15) is 47.2 Å². The number of rotatable bonds is 7. The van der Waals surface area contributed by atoms with Crippen LogP contribution in [-0.4, -0.2) is 46.8 Å². The van der Waals surface area contributed by atoms with Crippen molar-refractivity contribution in [2.75, 3.05) is 6.61 Å². The Morgan fingerprint density at radius 2 is 1.68 bits per heavy atom. The Kier molecular flexibility index (Phi) is 5.51. The van der Waals surface area contributed by atoms with Gasteiger partial charge in [-0.1, -0.05) is 38.1 Å². The van der Waals surface area contributed by atoms with Gasteiger partial charge in [0.15, 0.2) is 8.32 Å². The number of fused-ring (bicyclic) bond motifs is 1. The molecule has 1 aromatic heterocycles. The molecule has 0 radical (unpaired) electrons. The second kappa shape index (κ2) is 7.57. The van der Waals surface area contributed by atoms with Crippen LogP contribution in [0.15, 0.2) is 30.5 Å². The zero-order valence-electron chi connectivity index (χ0n) is 16.9. The lowest BCUT2D eigenvalue weighted by atomic mass is 10.1. The second-order valence-electron chi connectivity index (χ2n) is 8.31. The van der Waals surface area contributed by atoms with Gasteiger partial charge in [-0.2, -0.15) is 0 Å². The Morgan fingerprint density at radius 3 is 2.25 bits per heavy atom. The number of amides is 2. The summed E-state index contributed by atoms with van der Waals surface area (Å²) in [7, 11) is -1.85. The maximum atomic E-state index is 12.2. The highest BCUT2D eigenvalue weighted by Crippen LogP contribution is 2.36. The summed E-state index contributed by atoms with van der Waals surface area (Å²) in [5.74, 6) is -0.884. The van der Waals surface area contributed by atoms with E-state index in [0.29, 0.717) is 24.3 Å². The molecule has 150 valence electrons. The van der Waals surface area contributed by atoms with Crippen LogP contribution < -0.4 is 0 Å². The molecule has 9 heteroatoms. The number of nitrogens with zero attached hydrogens (tertiary/aromatic N) is 4. The van der Waals surface area contributed by atoms with Gasteiger partial charge in [0.25, 0.3) is 11.8 Å². The Hall–Kier alpha value is -2.36. The van der Waals surface area contributed by atoms with E-state index in [0.717, 1.165) is 10.8 Å². The third-order valence-corrected chi connectivity index (χ3v) is 9.75. The molecule has 8 nitrogen and oxygen atoms in total. The van der Waals surface area contributed by atoms with Crippen LogP contribution in [0.2, 0.25) is 18.1 Å². The van der Waals surface area contributed by atoms with Crippen LogP contribution in [0.3, 0.4) is 0 Å². The lowest BCUT2D eigenvalue weighted by Crippen LogP contribution is -2.40. The first-order valence-corrected chi connectivity index (χ1v) is 12.1. The first kappa shape index (κ1) is 20.4. The van der Waals surface area contributed by atoms with E-state index in [-0.39, 0.29) is 11.6 Å². The van der Waals surface area contributed by atoms with Crippen LogP contribution in [0.5, 0.6) is 0 Å². The molecule has 2 heterocycles. The van der Waals surface area contributed by atoms with E-state index in [1.54, 1.807) is 35.1 Å². The topological polar surface area (TPSA) is 86.5 Å². The third-order valence-electron chi connectivity index (χ3n) is 5.27. The van der Waals surface area contributed by atoms with Crippen LogP contribution >= 0.6 is 0 Å². The van der Waals surface area contributed by atoms with Crippen molar-refractivity contribution < 1.29 is 18.9 Å². The monoisotopic (exact) mass is 402 g/mol. The number of aromatic nitrogens is 3. The minimum Gasteiger partial charge on any atom is -0.411 e. The summed E-state index contributed by atoms with van der Waals surface area (Å²) >= 11 is 0. The molecule has 0 spiro atoms. The van der Waals surface area contributed by atoms with Gasteiger partial charge in [-0.15, -0.1) is 10.2 Å². The molecular formula is C19H26N4O4Si. The summed E-state index contributed by atoms with van der Waals surface area (Å²) in [6.45, 7) is 11.8. The molecule has 0 bridgehead atoms. The van der Waals surface area contributed by atoms with Crippen molar-refractivity contribution in [1.29, 1.82) is 0 Å². The molecule has 1 aromatic carbocycles. The fourth-order valence-corrected chi connectivity index (χ4v) is 3.44. The van der Waals surface area contributed by atoms with Crippen LogP contribution in [0, 0.1) is 0 Å². The summed E-state index contributed by atoms with van der Waals surface area (Å²) in [5, 5.41) is 9.11. The van der Waals surface area contributed by atoms with Crippen molar-refractivity contribution in [3.05, 3.63) is 47.3 Å². The number of hydroxylamine groups is 2. The zero-order chi connectivity index (χ0) is 20.5. The maximum absolute atomic E-state index is 12.2. The Morgan fingerprint density at radius 1 is 1.07 bits per heavy atom. The summed E-state index contributed by atoms with van der Waals surface area (Å²) in [4.78, 5) is 29.9. The number of hydrogen-bond donors (Lipinski definition) is 0. The molecule has 0 aliphatic carbocycles. The van der Waals surface area contributed by atoms with Gasteiger partial charge < -0.3 is 4.43 Å². The average Bonchev–Trinajstić information content (AvgIpc) is 3.18. The molecule has 2 amide bonds. The van der Waals surface area contributed by atoms with Gasteiger partial charge in [-0.05, 0) is 30.3 Å². The highest BCUT2D eigenvalue weighted by Gasteiger charge is 2.37. The highest BCUT2D eigenvalue weighted by atomic mass is 28.4. The summed E-state index contributed by atoms with van der Waals surface area (Å²) < 4.78 is 7.75. The van der Waals surface area contributed by atoms with E-state index in [1.165, 1.54) is 0 Å². The van der Waals surface area contributed by atoms with E-state index in [1.807, 2.05) is 0 Å². The smallest absolute Gasteiger partial charge is 0.285 e. The normalized spacial score (nSPS) is 14.7. The van der Waals surface area contributed by atoms with E-state index < -0.39 is 20.1 Å². The molecule has 0 unspecified atom stereocenters. The second-order valence-corrected chi connectivity index (χ2v) is 13.1. The minimum absolute atomic E-state index is 0.122. The van der Waals surface area contributed by atoms with Crippen molar-refractivity contribution >= 4 is 20.1 Å². The van der Waals surface area contributed by atoms with Gasteiger partial charge >= 0.3 is 0 Å². The first-order chi connectivity index (χ1) is 13.1. The summed E-state index contributed by atoms with van der Waals surface area (Å²) in [6.07, 6.45) is 1.79. The molecule has 1 aliphatic heterocycles. The predicted octanol–water partition coefficient (Wildman–Crippen LogP) is 3.03. The Labute approximate surface area is 165 Å². The molecular weight excluding hydrogens is 376 g/mol. The average molecular weight is 403 g/mol. The number of benzene rings is 1. The first-order valence-electron chi connectivity index (χ1n) is 9.24. The van der Waals surface area contributed by atoms with E-state index in [9.17, 15) is 9.59 Å². The molecule has 0 saturated heterocycles. The molecule has 28 heavy (non-hydrogen) atoms. The lowest BCUT2D eigenvalue weighted by Gasteiger charge is -2.35. The van der Waals surface area contributed by atoms with E-state index in [4.69, 9.17) is 9.26 Å². The zero-order valence-corrected chi connectivity index (χ0v) is 17.9. The van der Waals surface area contributed by atoms with E-state index in [2.05, 4.69) is 44.2 Å². The summed E-state index contributed by atoms with van der Waals surface area (Å²) in [6, 6.07) is 6.67. The largest absolute Gasteiger partial charge is 0.411 e. The van der Waals surface area contributed by atoms with Gasteiger partial charge in [0.2, 0.25) is 0 Å². The van der Waals surface area contributed by atoms with E-state index >= 15 is 0 Å². The van der Waals surface area contributed by atoms with Crippen molar-refractivity contribution in [1.82, 2.24) is 20.1 Å². The molecule has 3 rings (SSSR count). The quantitative estimate of drug-likeness (QED) is 0.523. The van der Waals surface area contributed by atoms with Gasteiger partial charge in [-0.25, -0.2) is 4.68 Å². The molecule has 0 saturated carbocycles. The van der Waals surface area contributed by atoms with Gasteiger partial charge in [0.05, 0.1) is 37.1 Å². The predicted molar refractivity (Wildman–Crippen MR) is 105 cm³/mol. The van der Waals surface area contributed by atoms with Crippen molar-refractivity contribution in [2.24, 2.45) is 0 Å². The Balaban J connectivity index is 1.51. The fraction of sp³-hybridized carbons (Fsp3) is 0.474. The number of carbonyl (C=O) groups excluding carboxylic acids is 2. The fourth-order valence-electron chi connectivity index (χ4n) is 2.49. The maximum Gasteiger partial charge on any atom is 0.285 e. The van der Waals surface area contributed by atoms with Crippen LogP contribution in [0.25, 0.3) is 0 Å². The summed E-state index contributed by atoms with van der Waals surface area (Å²) in [5.41, 5.74) is 1.46. The standard InChI is InChI=1S/C19H26N4O4Si/c1-19(2,3)28(4,5)27-13-14-12-22(21-20-14)10-11-26-23-17(24)15-8-6-7-9-16(15)18(23)25/h6-9,12H,10-11,13H2,1-5H3. The SMILES string of the molecule is CC(C)(C)[Si](C)(C)OCc1cn(CCON2C(=O)c3ccccc3C2=O)nn1. The molecule has 2 aromatic rings. The molecule has 0 fully saturated rings. The lowest BCUT2D eigenvalue weighted by molar-refractivity contribution is -0.0941. The molecule has 0 N–H and O–H groups in total. The minimum atomic E-state index is -1.85. The Bertz CT molecular complexity index is 853. The number of imide groups is 1. The van der Waals surface area contributed by atoms with Gasteiger partial charge in [0, 0.05) is 0 Å². The van der Waals surface area contributed by atoms with Crippen molar-refractivity contribution in [3.63, 3.8) is 0 Å². The molecule has 1 aliphatic rings. The number of carbonyl (C=O) groups is 2. The molecule has 0 atom stereocenters. The number of hydrogen-bond acceptors (Lipinski definition) is 6. The third kappa shape index (κ3) is 4.06. The van der Waals surface area contributed by atoms with Crippen molar-refractivity contribution in [3.8, 4) is 0 Å². The van der Waals surface area contributed by atoms with Gasteiger partial charge in [0.1, 0.15) is 5.69 Å². The van der Waals surface area contributed by atoms with Gasteiger partial charge in [-0.3, -0.25) is 14.4 Å². The van der Waals surface area contributed by atoms with Crippen LogP contribution in [0.4, 0.5) is 0 Å². The van der Waals surface area contributed by atoms with Crippen LogP contribution in [-0.2, 0) is 22.4 Å². The highest BCUT2D eigenvalue weighted by molar-refractivity contribution is 6.74. The van der Waals surface area contributed by atoms with Crippen molar-refractivity contribution in [2.45, 2.75) is 52.1 Å².